The number of nitrogens with two attached hydrogens (primary N) is 1. The molecule has 7 nitrogen and oxygen atoms in total. The molecule has 3 aromatic heterocycles. The molecule has 0 unspecified atom stereocenters. The number of alkyl halides is 3. The summed E-state index contributed by atoms with van der Waals surface area (Å²) in [5, 5.41) is 10.3. The van der Waals surface area contributed by atoms with Crippen LogP contribution < -0.4 is 15.8 Å². The number of aromatic nitrogens is 3. The average molecular weight is 512 g/mol. The molecule has 0 bridgehead atoms. The predicted octanol–water partition coefficient (Wildman–Crippen LogP) is 5.79. The van der Waals surface area contributed by atoms with Gasteiger partial charge in [0.2, 0.25) is 5.13 Å². The molecule has 4 aromatic rings. The Morgan fingerprint density at radius 2 is 1.94 bits per heavy atom. The lowest BCUT2D eigenvalue weighted by atomic mass is 10.1. The largest absolute Gasteiger partial charge is 0.497 e. The van der Waals surface area contributed by atoms with Gasteiger partial charge in [0.1, 0.15) is 15.5 Å². The van der Waals surface area contributed by atoms with E-state index in [9.17, 15) is 18.0 Å². The van der Waals surface area contributed by atoms with E-state index in [-0.39, 0.29) is 31.6 Å². The van der Waals surface area contributed by atoms with Gasteiger partial charge in [-0.1, -0.05) is 30.0 Å². The maximum atomic E-state index is 13.9. The van der Waals surface area contributed by atoms with Crippen molar-refractivity contribution >= 4 is 61.4 Å². The van der Waals surface area contributed by atoms with Crippen molar-refractivity contribution < 1.29 is 22.7 Å². The predicted molar refractivity (Wildman–Crippen MR) is 125 cm³/mol. The molecular weight excluding hydrogens is 495 g/mol. The van der Waals surface area contributed by atoms with E-state index in [0.29, 0.717) is 15.7 Å². The zero-order valence-electron chi connectivity index (χ0n) is 17.2. The fraction of sp³-hybridized carbons (Fsp3) is 0.200. The second-order valence-electron chi connectivity index (χ2n) is 6.57. The van der Waals surface area contributed by atoms with E-state index >= 15 is 0 Å². The number of amides is 1. The van der Waals surface area contributed by atoms with E-state index in [1.807, 2.05) is 6.92 Å². The highest BCUT2D eigenvalue weighted by atomic mass is 32.2. The molecule has 0 spiro atoms. The van der Waals surface area contributed by atoms with Crippen molar-refractivity contribution in [3.63, 3.8) is 0 Å². The number of methoxy groups -OCH3 is 1. The normalized spacial score (nSPS) is 11.7. The number of thioether (sulfide) groups is 1. The Bertz CT molecular complexity index is 1320. The lowest BCUT2D eigenvalue weighted by Crippen LogP contribution is -2.12. The Kier molecular flexibility index (Phi) is 6.45. The monoisotopic (exact) mass is 511 g/mol. The van der Waals surface area contributed by atoms with Gasteiger partial charge in [0, 0.05) is 10.9 Å². The van der Waals surface area contributed by atoms with Gasteiger partial charge in [-0.3, -0.25) is 10.1 Å². The topological polar surface area (TPSA) is 103 Å². The molecule has 0 saturated carbocycles. The summed E-state index contributed by atoms with van der Waals surface area (Å²) in [7, 11) is 1.49. The van der Waals surface area contributed by atoms with E-state index in [4.69, 9.17) is 10.5 Å². The number of benzene rings is 1. The molecule has 3 N–H and O–H groups in total. The molecule has 0 saturated heterocycles. The molecule has 0 atom stereocenters. The molecule has 0 fully saturated rings. The van der Waals surface area contributed by atoms with Crippen molar-refractivity contribution in [1.82, 2.24) is 15.2 Å². The van der Waals surface area contributed by atoms with Crippen LogP contribution in [0, 0.1) is 0 Å². The van der Waals surface area contributed by atoms with Crippen LogP contribution in [0.4, 0.5) is 24.0 Å². The minimum absolute atomic E-state index is 0.0118. The molecule has 0 radical (unpaired) electrons. The number of rotatable bonds is 6. The number of nitrogens with zero attached hydrogens (tertiary/aromatic N) is 3. The van der Waals surface area contributed by atoms with Gasteiger partial charge in [-0.05, 0) is 36.1 Å². The third kappa shape index (κ3) is 4.75. The number of thiophene rings is 1. The summed E-state index contributed by atoms with van der Waals surface area (Å²) in [6.45, 7) is 1.95. The second kappa shape index (κ2) is 9.15. The fourth-order valence-electron chi connectivity index (χ4n) is 3.02. The Hall–Kier alpha value is -2.90. The molecule has 172 valence electrons. The first-order valence-electron chi connectivity index (χ1n) is 9.43. The van der Waals surface area contributed by atoms with Crippen LogP contribution in [0.3, 0.4) is 0 Å². The number of nitrogen functional groups attached to an aromatic ring is 1. The van der Waals surface area contributed by atoms with Gasteiger partial charge < -0.3 is 10.5 Å². The molecule has 33 heavy (non-hydrogen) atoms. The van der Waals surface area contributed by atoms with E-state index < -0.39 is 17.6 Å². The van der Waals surface area contributed by atoms with E-state index in [0.717, 1.165) is 23.2 Å². The quantitative estimate of drug-likeness (QED) is 0.250. The molecule has 13 heteroatoms. The summed E-state index contributed by atoms with van der Waals surface area (Å²) in [4.78, 5) is 17.1. The van der Waals surface area contributed by atoms with E-state index in [2.05, 4.69) is 20.5 Å². The number of carbonyl (C=O) groups is 1. The first kappa shape index (κ1) is 23.3. The summed E-state index contributed by atoms with van der Waals surface area (Å²) in [5.41, 5.74) is 5.37. The summed E-state index contributed by atoms with van der Waals surface area (Å²) in [6.07, 6.45) is -4.70. The minimum Gasteiger partial charge on any atom is -0.497 e. The van der Waals surface area contributed by atoms with Crippen LogP contribution >= 0.6 is 34.4 Å². The van der Waals surface area contributed by atoms with Crippen LogP contribution in [0.25, 0.3) is 21.5 Å². The van der Waals surface area contributed by atoms with E-state index in [1.165, 1.54) is 30.2 Å². The number of hydrogen-bond donors (Lipinski definition) is 2. The molecule has 1 aromatic carbocycles. The van der Waals surface area contributed by atoms with Crippen LogP contribution in [0.15, 0.2) is 34.7 Å². The summed E-state index contributed by atoms with van der Waals surface area (Å²) in [5.74, 6) is 0.681. The maximum Gasteiger partial charge on any atom is 0.417 e. The minimum atomic E-state index is -4.70. The van der Waals surface area contributed by atoms with Gasteiger partial charge in [-0.15, -0.1) is 21.5 Å². The Labute approximate surface area is 198 Å². The van der Waals surface area contributed by atoms with Crippen molar-refractivity contribution in [1.29, 1.82) is 0 Å². The van der Waals surface area contributed by atoms with Crippen molar-refractivity contribution in [2.45, 2.75) is 17.4 Å². The summed E-state index contributed by atoms with van der Waals surface area (Å²) in [6, 6.07) is 7.42. The fourth-order valence-corrected chi connectivity index (χ4v) is 5.68. The van der Waals surface area contributed by atoms with Crippen molar-refractivity contribution in [2.24, 2.45) is 0 Å². The van der Waals surface area contributed by atoms with Gasteiger partial charge >= 0.3 is 6.18 Å². The Morgan fingerprint density at radius 1 is 1.21 bits per heavy atom. The highest BCUT2D eigenvalue weighted by Crippen LogP contribution is 2.43. The zero-order valence-corrected chi connectivity index (χ0v) is 19.6. The average Bonchev–Trinajstić information content (AvgIpc) is 3.36. The number of hydrogen-bond acceptors (Lipinski definition) is 9. The van der Waals surface area contributed by atoms with Gasteiger partial charge in [0.25, 0.3) is 5.91 Å². The smallest absolute Gasteiger partial charge is 0.417 e. The summed E-state index contributed by atoms with van der Waals surface area (Å²) < 4.78 is 47.5. The van der Waals surface area contributed by atoms with Crippen LogP contribution in [-0.4, -0.2) is 34.0 Å². The van der Waals surface area contributed by atoms with Crippen molar-refractivity contribution in [2.75, 3.05) is 23.9 Å². The van der Waals surface area contributed by atoms with Crippen LogP contribution in [0.1, 0.15) is 22.2 Å². The number of pyridine rings is 1. The SMILES string of the molecule is CCSc1nnc(NC(=O)c2sc3nc(-c4ccc(OC)cc4)cc(C(F)(F)F)c3c2N)s1. The lowest BCUT2D eigenvalue weighted by molar-refractivity contribution is -0.136. The van der Waals surface area contributed by atoms with Gasteiger partial charge in [-0.25, -0.2) is 4.98 Å². The molecule has 0 aliphatic rings. The molecule has 0 aliphatic carbocycles. The van der Waals surface area contributed by atoms with Gasteiger partial charge in [0.05, 0.1) is 24.1 Å². The first-order valence-corrected chi connectivity index (χ1v) is 12.1. The Morgan fingerprint density at radius 3 is 2.58 bits per heavy atom. The van der Waals surface area contributed by atoms with Crippen LogP contribution in [0.5, 0.6) is 5.75 Å². The summed E-state index contributed by atoms with van der Waals surface area (Å²) >= 11 is 3.42. The van der Waals surface area contributed by atoms with Crippen molar-refractivity contribution in [3.05, 3.63) is 40.8 Å². The standard InChI is InChI=1S/C20H16F3N5O2S3/c1-3-31-19-28-27-18(33-19)26-16(29)15-14(24)13-11(20(21,22)23)8-12(25-17(13)32-15)9-4-6-10(30-2)7-5-9/h4-8H,3,24H2,1-2H3,(H,26,27,29). The number of fused-ring (bicyclic) bond motifs is 1. The number of ether oxygens (including phenoxy) is 1. The van der Waals surface area contributed by atoms with Crippen LogP contribution in [-0.2, 0) is 6.18 Å². The molecule has 1 amide bonds. The molecule has 4 rings (SSSR count). The van der Waals surface area contributed by atoms with Gasteiger partial charge in [0.15, 0.2) is 4.34 Å². The number of carbonyl (C=O) groups excluding carboxylic acids is 1. The third-order valence-electron chi connectivity index (χ3n) is 4.49. The van der Waals surface area contributed by atoms with Crippen molar-refractivity contribution in [3.8, 4) is 17.0 Å². The zero-order chi connectivity index (χ0) is 23.8. The molecular formula is C20H16F3N5O2S3. The highest BCUT2D eigenvalue weighted by molar-refractivity contribution is 8.01. The second-order valence-corrected chi connectivity index (χ2v) is 10.1. The maximum absolute atomic E-state index is 13.9. The third-order valence-corrected chi connectivity index (χ3v) is 7.44. The molecule has 3 heterocycles. The Balaban J connectivity index is 1.77. The first-order chi connectivity index (χ1) is 15.7. The molecule has 0 aliphatic heterocycles. The van der Waals surface area contributed by atoms with Gasteiger partial charge in [-0.2, -0.15) is 13.2 Å². The highest BCUT2D eigenvalue weighted by Gasteiger charge is 2.36. The van der Waals surface area contributed by atoms with Crippen LogP contribution in [0.2, 0.25) is 0 Å². The van der Waals surface area contributed by atoms with E-state index in [1.54, 1.807) is 24.3 Å². The number of anilines is 2. The number of nitrogens with one attached hydrogen (secondary N) is 1. The number of halogens is 3. The lowest BCUT2D eigenvalue weighted by Gasteiger charge is -2.11.